The minimum absolute atomic E-state index is 0.563. The summed E-state index contributed by atoms with van der Waals surface area (Å²) in [5.41, 5.74) is 6.86. The summed E-state index contributed by atoms with van der Waals surface area (Å²) in [7, 11) is 3.30. The second-order valence-corrected chi connectivity index (χ2v) is 4.07. The van der Waals surface area contributed by atoms with Crippen molar-refractivity contribution in [1.29, 1.82) is 0 Å². The van der Waals surface area contributed by atoms with E-state index in [1.165, 1.54) is 5.56 Å². The Bertz CT molecular complexity index is 326. The first-order chi connectivity index (χ1) is 7.71. The van der Waals surface area contributed by atoms with Crippen molar-refractivity contribution >= 4 is 0 Å². The van der Waals surface area contributed by atoms with E-state index in [0.29, 0.717) is 5.92 Å². The molecule has 0 saturated carbocycles. The fourth-order valence-corrected chi connectivity index (χ4v) is 1.57. The lowest BCUT2D eigenvalue weighted by Gasteiger charge is -2.11. The van der Waals surface area contributed by atoms with Gasteiger partial charge in [-0.2, -0.15) is 0 Å². The molecule has 3 nitrogen and oxygen atoms in total. The van der Waals surface area contributed by atoms with Crippen LogP contribution >= 0.6 is 0 Å². The number of benzene rings is 1. The highest BCUT2D eigenvalue weighted by molar-refractivity contribution is 5.42. The Hall–Kier alpha value is -1.22. The summed E-state index contributed by atoms with van der Waals surface area (Å²) < 4.78 is 10.5. The van der Waals surface area contributed by atoms with E-state index < -0.39 is 0 Å². The first-order valence-corrected chi connectivity index (χ1v) is 5.62. The number of hydrogen-bond acceptors (Lipinski definition) is 3. The van der Waals surface area contributed by atoms with Crippen molar-refractivity contribution in [2.45, 2.75) is 19.8 Å². The Morgan fingerprint density at radius 1 is 1.19 bits per heavy atom. The van der Waals surface area contributed by atoms with Crippen LogP contribution in [0.3, 0.4) is 0 Å². The molecule has 0 bridgehead atoms. The highest BCUT2D eigenvalue weighted by Crippen LogP contribution is 2.28. The molecule has 3 heteroatoms. The summed E-state index contributed by atoms with van der Waals surface area (Å²) in [6, 6.07) is 6.05. The molecule has 1 rings (SSSR count). The summed E-state index contributed by atoms with van der Waals surface area (Å²) in [6.07, 6.45) is 2.13. The third kappa shape index (κ3) is 3.42. The van der Waals surface area contributed by atoms with Crippen LogP contribution in [0, 0.1) is 5.92 Å². The molecule has 0 heterocycles. The maximum absolute atomic E-state index is 5.59. The fraction of sp³-hybridized carbons (Fsp3) is 0.538. The van der Waals surface area contributed by atoms with Crippen LogP contribution in [0.2, 0.25) is 0 Å². The van der Waals surface area contributed by atoms with Gasteiger partial charge in [0.1, 0.15) is 0 Å². The van der Waals surface area contributed by atoms with E-state index >= 15 is 0 Å². The summed E-state index contributed by atoms with van der Waals surface area (Å²) in [4.78, 5) is 0. The minimum atomic E-state index is 0.563. The molecule has 0 saturated heterocycles. The maximum Gasteiger partial charge on any atom is 0.160 e. The molecular formula is C13H21NO2. The molecule has 16 heavy (non-hydrogen) atoms. The highest BCUT2D eigenvalue weighted by Gasteiger charge is 2.05. The van der Waals surface area contributed by atoms with Crippen molar-refractivity contribution < 1.29 is 9.47 Å². The summed E-state index contributed by atoms with van der Waals surface area (Å²) in [5, 5.41) is 0. The molecule has 1 aromatic rings. The molecule has 0 amide bonds. The van der Waals surface area contributed by atoms with E-state index in [4.69, 9.17) is 15.2 Å². The fourth-order valence-electron chi connectivity index (χ4n) is 1.57. The third-order valence-corrected chi connectivity index (χ3v) is 2.78. The molecule has 90 valence electrons. The van der Waals surface area contributed by atoms with E-state index in [1.807, 2.05) is 12.1 Å². The van der Waals surface area contributed by atoms with Crippen molar-refractivity contribution in [2.24, 2.45) is 11.7 Å². The Kier molecular flexibility index (Phi) is 5.12. The van der Waals surface area contributed by atoms with Crippen molar-refractivity contribution in [1.82, 2.24) is 0 Å². The Labute approximate surface area is 97.6 Å². The van der Waals surface area contributed by atoms with Gasteiger partial charge in [0.2, 0.25) is 0 Å². The van der Waals surface area contributed by atoms with Gasteiger partial charge in [-0.1, -0.05) is 13.0 Å². The second kappa shape index (κ2) is 6.38. The van der Waals surface area contributed by atoms with Crippen molar-refractivity contribution in [3.05, 3.63) is 23.8 Å². The third-order valence-electron chi connectivity index (χ3n) is 2.78. The first kappa shape index (κ1) is 12.8. The van der Waals surface area contributed by atoms with Crippen molar-refractivity contribution in [3.63, 3.8) is 0 Å². The van der Waals surface area contributed by atoms with Gasteiger partial charge >= 0.3 is 0 Å². The second-order valence-electron chi connectivity index (χ2n) is 4.07. The molecule has 0 aliphatic rings. The van der Waals surface area contributed by atoms with E-state index in [1.54, 1.807) is 14.2 Å². The van der Waals surface area contributed by atoms with Crippen LogP contribution in [-0.2, 0) is 6.42 Å². The van der Waals surface area contributed by atoms with Gasteiger partial charge < -0.3 is 15.2 Å². The lowest BCUT2D eigenvalue weighted by atomic mass is 10.0. The number of aryl methyl sites for hydroxylation is 1. The maximum atomic E-state index is 5.59. The lowest BCUT2D eigenvalue weighted by Crippen LogP contribution is -2.11. The normalized spacial score (nSPS) is 12.2. The van der Waals surface area contributed by atoms with Gasteiger partial charge in [-0.05, 0) is 43.0 Å². The predicted molar refractivity (Wildman–Crippen MR) is 66.1 cm³/mol. The molecule has 0 fully saturated rings. The monoisotopic (exact) mass is 223 g/mol. The molecule has 1 atom stereocenters. The van der Waals surface area contributed by atoms with E-state index in [9.17, 15) is 0 Å². The molecule has 0 aliphatic heterocycles. The van der Waals surface area contributed by atoms with Crippen molar-refractivity contribution in [3.8, 4) is 11.5 Å². The van der Waals surface area contributed by atoms with Crippen LogP contribution in [-0.4, -0.2) is 20.8 Å². The average Bonchev–Trinajstić information content (AvgIpc) is 2.35. The standard InChI is InChI=1S/C13H21NO2/c1-10(9-14)4-5-11-6-7-12(15-2)13(8-11)16-3/h6-8,10H,4-5,9,14H2,1-3H3. The van der Waals surface area contributed by atoms with Gasteiger partial charge in [-0.3, -0.25) is 0 Å². The Morgan fingerprint density at radius 2 is 1.88 bits per heavy atom. The van der Waals surface area contributed by atoms with Gasteiger partial charge in [-0.15, -0.1) is 0 Å². The summed E-state index contributed by atoms with van der Waals surface area (Å²) >= 11 is 0. The van der Waals surface area contributed by atoms with E-state index in [0.717, 1.165) is 30.9 Å². The van der Waals surface area contributed by atoms with Gasteiger partial charge in [0, 0.05) is 0 Å². The number of hydrogen-bond donors (Lipinski definition) is 1. The average molecular weight is 223 g/mol. The van der Waals surface area contributed by atoms with Gasteiger partial charge in [0.25, 0.3) is 0 Å². The number of methoxy groups -OCH3 is 2. The zero-order valence-corrected chi connectivity index (χ0v) is 10.3. The first-order valence-electron chi connectivity index (χ1n) is 5.62. The van der Waals surface area contributed by atoms with Crippen LogP contribution in [0.5, 0.6) is 11.5 Å². The lowest BCUT2D eigenvalue weighted by molar-refractivity contribution is 0.354. The Morgan fingerprint density at radius 3 is 2.44 bits per heavy atom. The largest absolute Gasteiger partial charge is 0.493 e. The zero-order chi connectivity index (χ0) is 12.0. The molecule has 0 aromatic heterocycles. The van der Waals surface area contributed by atoms with Gasteiger partial charge in [-0.25, -0.2) is 0 Å². The van der Waals surface area contributed by atoms with Crippen LogP contribution in [0.4, 0.5) is 0 Å². The van der Waals surface area contributed by atoms with Crippen LogP contribution in [0.1, 0.15) is 18.9 Å². The predicted octanol–water partition coefficient (Wildman–Crippen LogP) is 2.23. The number of nitrogens with two attached hydrogens (primary N) is 1. The molecule has 0 radical (unpaired) electrons. The van der Waals surface area contributed by atoms with Gasteiger partial charge in [0.15, 0.2) is 11.5 Å². The summed E-state index contributed by atoms with van der Waals surface area (Å²) in [5.74, 6) is 2.13. The van der Waals surface area contributed by atoms with Gasteiger partial charge in [0.05, 0.1) is 14.2 Å². The summed E-state index contributed by atoms with van der Waals surface area (Å²) in [6.45, 7) is 2.91. The van der Waals surface area contributed by atoms with E-state index in [-0.39, 0.29) is 0 Å². The quantitative estimate of drug-likeness (QED) is 0.804. The molecule has 1 unspecified atom stereocenters. The van der Waals surface area contributed by atoms with Crippen LogP contribution in [0.15, 0.2) is 18.2 Å². The molecular weight excluding hydrogens is 202 g/mol. The molecule has 0 spiro atoms. The van der Waals surface area contributed by atoms with Crippen LogP contribution < -0.4 is 15.2 Å². The minimum Gasteiger partial charge on any atom is -0.493 e. The molecule has 0 aliphatic carbocycles. The molecule has 2 N–H and O–H groups in total. The highest BCUT2D eigenvalue weighted by atomic mass is 16.5. The Balaban J connectivity index is 2.67. The van der Waals surface area contributed by atoms with E-state index in [2.05, 4.69) is 13.0 Å². The number of ether oxygens (including phenoxy) is 2. The smallest absolute Gasteiger partial charge is 0.160 e. The SMILES string of the molecule is COc1ccc(CCC(C)CN)cc1OC. The zero-order valence-electron chi connectivity index (χ0n) is 10.3. The van der Waals surface area contributed by atoms with Crippen molar-refractivity contribution in [2.75, 3.05) is 20.8 Å². The number of rotatable bonds is 6. The molecule has 1 aromatic carbocycles. The topological polar surface area (TPSA) is 44.5 Å². The van der Waals surface area contributed by atoms with Crippen LogP contribution in [0.25, 0.3) is 0 Å².